The lowest BCUT2D eigenvalue weighted by Gasteiger charge is -2.36. The highest BCUT2D eigenvalue weighted by Crippen LogP contribution is 2.34. The highest BCUT2D eigenvalue weighted by molar-refractivity contribution is 8.00. The van der Waals surface area contributed by atoms with Crippen LogP contribution in [0.4, 0.5) is 0 Å². The summed E-state index contributed by atoms with van der Waals surface area (Å²) in [4.78, 5) is 260. The topological polar surface area (TPSA) is 634 Å². The Morgan fingerprint density at radius 2 is 1.14 bits per heavy atom. The van der Waals surface area contributed by atoms with Crippen molar-refractivity contribution < 1.29 is 96.8 Å². The molecule has 5 heterocycles. The molecule has 0 saturated carbocycles. The minimum absolute atomic E-state index is 0.0239. The Morgan fingerprint density at radius 3 is 1.75 bits per heavy atom. The minimum atomic E-state index is -1.88. The number of aromatic hydroxyl groups is 1. The Labute approximate surface area is 784 Å². The minimum Gasteiger partial charge on any atom is -0.508 e. The van der Waals surface area contributed by atoms with E-state index in [4.69, 9.17) is 17.2 Å². The third-order valence-corrected chi connectivity index (χ3v) is 25.5. The van der Waals surface area contributed by atoms with E-state index < -0.39 is 242 Å². The average molecular weight is 1890 g/mol. The molecule has 2 saturated heterocycles. The van der Waals surface area contributed by atoms with Crippen LogP contribution < -0.4 is 70.4 Å². The van der Waals surface area contributed by atoms with Crippen molar-refractivity contribution in [2.45, 2.75) is 247 Å². The number of nitrogens with one attached hydrogen (secondary N) is 11. The number of aromatic nitrogens is 6. The number of aromatic amines is 1. The number of fused-ring (bicyclic) bond motifs is 5. The van der Waals surface area contributed by atoms with E-state index in [9.17, 15) is 58.5 Å². The zero-order chi connectivity index (χ0) is 98.0. The number of H-pyrrole nitrogens is 1. The van der Waals surface area contributed by atoms with Crippen molar-refractivity contribution in [3.05, 3.63) is 137 Å². The molecule has 43 nitrogen and oxygen atoms in total. The van der Waals surface area contributed by atoms with E-state index in [1.165, 1.54) is 67.6 Å². The van der Waals surface area contributed by atoms with Crippen LogP contribution in [0.1, 0.15) is 182 Å². The number of nitrogens with zero attached hydrogens (tertiary/aromatic N) is 9. The first-order valence-corrected chi connectivity index (χ1v) is 46.5. The highest BCUT2D eigenvalue weighted by Gasteiger charge is 2.47. The van der Waals surface area contributed by atoms with E-state index in [0.717, 1.165) is 42.9 Å². The van der Waals surface area contributed by atoms with E-state index >= 15 is 38.4 Å². The number of carbonyl (C=O) groups excluding carboxylic acids is 17. The van der Waals surface area contributed by atoms with Gasteiger partial charge >= 0.3 is 0 Å². The summed E-state index contributed by atoms with van der Waals surface area (Å²) < 4.78 is 1.03. The number of phenolic OH excluding ortho intramolecular Hbond substituents is 1. The van der Waals surface area contributed by atoms with Gasteiger partial charge in [0.25, 0.3) is 0 Å². The van der Waals surface area contributed by atoms with Crippen LogP contribution in [-0.2, 0) is 107 Å². The largest absolute Gasteiger partial charge is 0.508 e. The SMILES string of the molecule is CCCC[C@H]1C(=O)N(C)[C@@H](CCCC)C(=O)N[C@@H](CC(C)C)C(=O)N[C@H](C(=O)NCC(N)=O)CSCC(=O)N[C@@H](Cc2ccc(O)cc2)c2nnnn2[C@@H](C)C(=O)N[C@@H](CC(N)=O)C(=O)N2CCC[C@H]2C(=O)N[C@@H](Cc2cnc[nH]2)C(=O)N[C@@H](CCC(N)=O)C(=O)N2C[C@H](O)C[C@H]2C(=O)N[C@@H](CC2=CCc3ccccc32)C(=O)N[C@@H](CO)C(=O)N[C@@H](CC2=CCc3ccccc32)C(=O)N1C. The van der Waals surface area contributed by atoms with Crippen LogP contribution in [0.5, 0.6) is 5.75 Å². The molecule has 3 aliphatic heterocycles. The van der Waals surface area contributed by atoms with E-state index in [2.05, 4.69) is 78.7 Å². The number of primary amides is 3. The van der Waals surface area contributed by atoms with E-state index in [0.29, 0.717) is 60.8 Å². The summed E-state index contributed by atoms with van der Waals surface area (Å²) in [5, 5.41) is 71.8. The first kappa shape index (κ1) is 104. The van der Waals surface area contributed by atoms with Crippen LogP contribution >= 0.6 is 11.8 Å². The summed E-state index contributed by atoms with van der Waals surface area (Å²) in [6.07, 6.45) is 4.33. The molecule has 3 aromatic carbocycles. The van der Waals surface area contributed by atoms with Gasteiger partial charge in [0.1, 0.15) is 84.3 Å². The van der Waals surface area contributed by atoms with Crippen LogP contribution in [0.15, 0.2) is 97.5 Å². The molecule has 0 unspecified atom stereocenters. The summed E-state index contributed by atoms with van der Waals surface area (Å²) in [7, 11) is 2.76. The van der Waals surface area contributed by atoms with Gasteiger partial charge in [-0.05, 0) is 126 Å². The number of rotatable bonds is 25. The second-order valence-electron chi connectivity index (χ2n) is 35.0. The van der Waals surface area contributed by atoms with Gasteiger partial charge in [0.05, 0.1) is 43.8 Å². The molecule has 44 heteroatoms. The number of hydrogen-bond donors (Lipinski definition) is 17. The van der Waals surface area contributed by atoms with Crippen LogP contribution in [0.3, 0.4) is 0 Å². The lowest BCUT2D eigenvalue weighted by molar-refractivity contribution is -0.149. The molecule has 728 valence electrons. The Kier molecular flexibility index (Phi) is 37.5. The lowest BCUT2D eigenvalue weighted by Crippen LogP contribution is -2.61. The van der Waals surface area contributed by atoms with Crippen molar-refractivity contribution >= 4 is 123 Å². The molecule has 5 aliphatic rings. The average Bonchev–Trinajstić information content (AvgIpc) is 1.73. The third kappa shape index (κ3) is 28.1. The Bertz CT molecular complexity index is 5200. The van der Waals surface area contributed by atoms with Gasteiger partial charge in [-0.25, -0.2) is 9.67 Å². The number of imidazole rings is 1. The molecular formula is C91H123N23O20S. The number of aliphatic hydroxyl groups is 2. The number of tetrazole rings is 1. The standard InChI is InChI=1S/C91H123N23O20S/c1-8-10-21-70-85(128)100-63(35-49(3)4)81(124)106-69(80(123)96-43-76(94)120)46-135-47-77(121)98-62(36-51-24-30-57(116)31-25-51)78-107-108-109-114(78)50(5)79(122)103-67(41-75(93)119)90(133)112-34-16-23-71(112)86(129)102-65(39-56-42-95-48-97-56)83(126)99-61(32-33-74(92)118)89(132)113-44-58(117)40-73(113)87(130)101-64(37-54-28-26-52-17-12-14-19-59(52)54)82(125)105-68(45-115)84(127)104-66(38-55-29-27-53-18-13-15-20-60(53)55)88(131)111(7)72(22-11-9-2)91(134)110(70)6/h12-15,17-20,24-25,28-31,42,48-50,58,61-73,115-117H,8-11,16,21-23,26-27,32-41,43-47H2,1-7H3,(H2,92,118)(H2,93,119)(H2,94,120)(H,95,97)(H,96,123)(H,98,121)(H,99,126)(H,100,128)(H,101,130)(H,102,129)(H,103,122)(H,104,127)(H,105,125)(H,106,124)/t50-,58+,61-,62-,63-,64-,65-,66-,67-,68-,69-,70-,71-,72-,73-/m0/s1. The highest BCUT2D eigenvalue weighted by atomic mass is 32.2. The molecule has 20 N–H and O–H groups in total. The van der Waals surface area contributed by atoms with Crippen LogP contribution in [0, 0.1) is 5.92 Å². The fourth-order valence-electron chi connectivity index (χ4n) is 17.3. The second-order valence-corrected chi connectivity index (χ2v) is 36.0. The van der Waals surface area contributed by atoms with Gasteiger partial charge in [-0.15, -0.1) is 16.9 Å². The number of likely N-dealkylation sites (N-methyl/N-ethyl adjacent to an activating group) is 2. The molecule has 15 atom stereocenters. The first-order valence-electron chi connectivity index (χ1n) is 45.4. The lowest BCUT2D eigenvalue weighted by atomic mass is 9.97. The number of amides is 17. The molecule has 5 aromatic rings. The smallest absolute Gasteiger partial charge is 0.246 e. The number of hydrogen-bond acceptors (Lipinski definition) is 25. The molecule has 0 bridgehead atoms. The van der Waals surface area contributed by atoms with Gasteiger partial charge in [-0.2, -0.15) is 0 Å². The quantitative estimate of drug-likeness (QED) is 0.0294. The number of carbonyl (C=O) groups is 17. The summed E-state index contributed by atoms with van der Waals surface area (Å²) >= 11 is 0.837. The van der Waals surface area contributed by atoms with Gasteiger partial charge in [0.2, 0.25) is 100 Å². The van der Waals surface area contributed by atoms with Crippen LogP contribution in [-0.4, -0.2) is 296 Å². The van der Waals surface area contributed by atoms with E-state index in [-0.39, 0.29) is 93.3 Å². The molecular weight excluding hydrogens is 1770 g/mol. The maximum absolute atomic E-state index is 15.8. The molecule has 2 aliphatic carbocycles. The summed E-state index contributed by atoms with van der Waals surface area (Å²) in [6.45, 7) is 6.11. The predicted octanol–water partition coefficient (Wildman–Crippen LogP) is -2.24. The van der Waals surface area contributed by atoms with Gasteiger partial charge in [0, 0.05) is 83.4 Å². The monoisotopic (exact) mass is 1890 g/mol. The number of aliphatic hydroxyl groups excluding tert-OH is 2. The summed E-state index contributed by atoms with van der Waals surface area (Å²) in [5.74, 6) is -17.4. The molecule has 2 aromatic heterocycles. The number of allylic oxidation sites excluding steroid dienone is 2. The van der Waals surface area contributed by atoms with Crippen molar-refractivity contribution in [1.82, 2.24) is 103 Å². The first-order chi connectivity index (χ1) is 64.4. The molecule has 17 amide bonds. The van der Waals surface area contributed by atoms with Gasteiger partial charge in [-0.1, -0.05) is 126 Å². The normalized spacial score (nSPS) is 25.2. The molecule has 2 fully saturated rings. The number of unbranched alkanes of at least 4 members (excludes halogenated alkanes) is 2. The Morgan fingerprint density at radius 1 is 0.578 bits per heavy atom. The predicted molar refractivity (Wildman–Crippen MR) is 490 cm³/mol. The van der Waals surface area contributed by atoms with Crippen molar-refractivity contribution in [3.8, 4) is 5.75 Å². The van der Waals surface area contributed by atoms with E-state index in [1.54, 1.807) is 32.0 Å². The molecule has 0 spiro atoms. The maximum atomic E-state index is 15.8. The summed E-state index contributed by atoms with van der Waals surface area (Å²) in [6, 6.07) is -1.26. The van der Waals surface area contributed by atoms with Crippen molar-refractivity contribution in [3.63, 3.8) is 0 Å². The zero-order valence-electron chi connectivity index (χ0n) is 76.6. The molecule has 10 rings (SSSR count). The van der Waals surface area contributed by atoms with Gasteiger partial charge in [0.15, 0.2) is 5.82 Å². The third-order valence-electron chi connectivity index (χ3n) is 24.5. The van der Waals surface area contributed by atoms with Gasteiger partial charge < -0.3 is 110 Å². The van der Waals surface area contributed by atoms with Gasteiger partial charge in [-0.3, -0.25) is 81.5 Å². The molecule has 135 heavy (non-hydrogen) atoms. The van der Waals surface area contributed by atoms with Crippen molar-refractivity contribution in [1.29, 1.82) is 0 Å². The zero-order valence-corrected chi connectivity index (χ0v) is 77.4. The number of benzene rings is 3. The van der Waals surface area contributed by atoms with Crippen LogP contribution in [0.2, 0.25) is 0 Å². The fourth-order valence-corrected chi connectivity index (χ4v) is 18.1. The van der Waals surface area contributed by atoms with E-state index in [1.807, 2.05) is 56.3 Å². The second kappa shape index (κ2) is 48.9. The number of nitrogens with two attached hydrogens (primary N) is 3. The van der Waals surface area contributed by atoms with Crippen LogP contribution in [0.25, 0.3) is 11.1 Å². The fraction of sp³-hybridized carbons (Fsp3) is 0.527. The molecule has 0 radical (unpaired) electrons. The number of phenols is 1. The van der Waals surface area contributed by atoms with Crippen molar-refractivity contribution in [2.24, 2.45) is 23.1 Å². The summed E-state index contributed by atoms with van der Waals surface area (Å²) in [5.41, 5.74) is 22.0. The maximum Gasteiger partial charge on any atom is 0.246 e. The Hall–Kier alpha value is -13.5. The number of thioether (sulfide) groups is 1. The van der Waals surface area contributed by atoms with Crippen molar-refractivity contribution in [2.75, 3.05) is 51.8 Å². The Balaban J connectivity index is 1.02.